The molecule has 6 heteroatoms. The summed E-state index contributed by atoms with van der Waals surface area (Å²) in [7, 11) is 0. The largest absolute Gasteiger partial charge is 0.469 e. The van der Waals surface area contributed by atoms with Crippen molar-refractivity contribution in [3.8, 4) is 0 Å². The summed E-state index contributed by atoms with van der Waals surface area (Å²) in [6, 6.07) is 5.86. The minimum atomic E-state index is -4.73. The molecule has 0 aliphatic carbocycles. The van der Waals surface area contributed by atoms with Gasteiger partial charge in [-0.3, -0.25) is 0 Å². The van der Waals surface area contributed by atoms with Gasteiger partial charge >= 0.3 is 6.18 Å². The highest BCUT2D eigenvalue weighted by atomic mass is 19.4. The minimum Gasteiger partial charge on any atom is -0.469 e. The molecule has 20 heavy (non-hydrogen) atoms. The Labute approximate surface area is 112 Å². The van der Waals surface area contributed by atoms with Gasteiger partial charge in [0.25, 0.3) is 0 Å². The lowest BCUT2D eigenvalue weighted by Gasteiger charge is -2.13. The zero-order valence-electron chi connectivity index (χ0n) is 10.3. The zero-order chi connectivity index (χ0) is 14.8. The fourth-order valence-electron chi connectivity index (χ4n) is 1.87. The summed E-state index contributed by atoms with van der Waals surface area (Å²) in [5.74, 6) is -0.733. The van der Waals surface area contributed by atoms with Crippen LogP contribution in [0.5, 0.6) is 0 Å². The Bertz CT molecular complexity index is 561. The van der Waals surface area contributed by atoms with E-state index in [1.165, 1.54) is 6.26 Å². The fraction of sp³-hybridized carbons (Fsp3) is 0.286. The lowest BCUT2D eigenvalue weighted by atomic mass is 10.0. The molecule has 1 atom stereocenters. The number of benzene rings is 1. The Balaban J connectivity index is 2.07. The number of halogens is 4. The third-order valence-corrected chi connectivity index (χ3v) is 2.93. The number of rotatable bonds is 4. The van der Waals surface area contributed by atoms with Gasteiger partial charge in [0, 0.05) is 6.42 Å². The number of aliphatic hydroxyl groups is 1. The van der Waals surface area contributed by atoms with Gasteiger partial charge in [0.05, 0.1) is 17.9 Å². The molecule has 0 radical (unpaired) electrons. The monoisotopic (exact) mass is 288 g/mol. The molecule has 1 aromatic heterocycles. The van der Waals surface area contributed by atoms with E-state index in [9.17, 15) is 22.7 Å². The van der Waals surface area contributed by atoms with Crippen LogP contribution in [0.25, 0.3) is 0 Å². The minimum absolute atomic E-state index is 0.113. The van der Waals surface area contributed by atoms with Gasteiger partial charge in [-0.2, -0.15) is 13.2 Å². The molecular weight excluding hydrogens is 276 g/mol. The molecule has 1 N–H and O–H groups in total. The highest BCUT2D eigenvalue weighted by molar-refractivity contribution is 5.28. The molecule has 0 saturated carbocycles. The van der Waals surface area contributed by atoms with Crippen LogP contribution in [0, 0.1) is 5.82 Å². The number of furan rings is 1. The van der Waals surface area contributed by atoms with Crippen molar-refractivity contribution in [3.05, 3.63) is 59.3 Å². The molecule has 108 valence electrons. The van der Waals surface area contributed by atoms with E-state index < -0.39 is 23.7 Å². The highest BCUT2D eigenvalue weighted by Gasteiger charge is 2.34. The van der Waals surface area contributed by atoms with E-state index in [0.717, 1.165) is 12.1 Å². The maximum absolute atomic E-state index is 13.4. The summed E-state index contributed by atoms with van der Waals surface area (Å²) in [4.78, 5) is 0. The summed E-state index contributed by atoms with van der Waals surface area (Å²) in [5, 5.41) is 9.85. The summed E-state index contributed by atoms with van der Waals surface area (Å²) in [6.45, 7) is 0. The second kappa shape index (κ2) is 5.66. The third-order valence-electron chi connectivity index (χ3n) is 2.93. The van der Waals surface area contributed by atoms with E-state index >= 15 is 0 Å². The lowest BCUT2D eigenvalue weighted by Crippen LogP contribution is -2.09. The summed E-state index contributed by atoms with van der Waals surface area (Å²) in [5.41, 5.74) is -1.22. The van der Waals surface area contributed by atoms with E-state index in [0.29, 0.717) is 18.2 Å². The topological polar surface area (TPSA) is 33.4 Å². The van der Waals surface area contributed by atoms with Crippen molar-refractivity contribution in [2.75, 3.05) is 0 Å². The first-order chi connectivity index (χ1) is 9.38. The van der Waals surface area contributed by atoms with E-state index in [1.54, 1.807) is 12.1 Å². The van der Waals surface area contributed by atoms with Crippen LogP contribution in [0.15, 0.2) is 41.0 Å². The van der Waals surface area contributed by atoms with E-state index in [2.05, 4.69) is 0 Å². The number of aryl methyl sites for hydroxylation is 1. The van der Waals surface area contributed by atoms with Crippen molar-refractivity contribution >= 4 is 0 Å². The van der Waals surface area contributed by atoms with Gasteiger partial charge in [0.15, 0.2) is 0 Å². The first-order valence-electron chi connectivity index (χ1n) is 5.95. The van der Waals surface area contributed by atoms with Crippen molar-refractivity contribution in [1.82, 2.24) is 0 Å². The number of hydrogen-bond donors (Lipinski definition) is 1. The Morgan fingerprint density at radius 1 is 1.20 bits per heavy atom. The van der Waals surface area contributed by atoms with Crippen LogP contribution < -0.4 is 0 Å². The molecule has 0 fully saturated rings. The van der Waals surface area contributed by atoms with E-state index in [1.807, 2.05) is 0 Å². The van der Waals surface area contributed by atoms with Gasteiger partial charge in [-0.25, -0.2) is 4.39 Å². The predicted molar refractivity (Wildman–Crippen MR) is 63.4 cm³/mol. The second-order valence-electron chi connectivity index (χ2n) is 4.37. The van der Waals surface area contributed by atoms with Crippen LogP contribution in [-0.4, -0.2) is 5.11 Å². The normalized spacial score (nSPS) is 13.4. The van der Waals surface area contributed by atoms with Crippen molar-refractivity contribution in [1.29, 1.82) is 0 Å². The third kappa shape index (κ3) is 3.39. The van der Waals surface area contributed by atoms with Gasteiger partial charge in [-0.05, 0) is 36.2 Å². The van der Waals surface area contributed by atoms with Gasteiger partial charge in [-0.1, -0.05) is 6.07 Å². The SMILES string of the molecule is OC(CCc1ccco1)c1ccc(C(F)(F)F)c(F)c1. The Morgan fingerprint density at radius 3 is 2.50 bits per heavy atom. The van der Waals surface area contributed by atoms with Crippen LogP contribution in [0.1, 0.15) is 29.4 Å². The van der Waals surface area contributed by atoms with E-state index in [-0.39, 0.29) is 12.0 Å². The molecule has 0 amide bonds. The smallest absolute Gasteiger partial charge is 0.419 e. The van der Waals surface area contributed by atoms with Gasteiger partial charge in [0.2, 0.25) is 0 Å². The Hall–Kier alpha value is -1.82. The number of hydrogen-bond acceptors (Lipinski definition) is 2. The summed E-state index contributed by atoms with van der Waals surface area (Å²) < 4.78 is 55.6. The molecule has 0 bridgehead atoms. The van der Waals surface area contributed by atoms with Crippen molar-refractivity contribution in [2.24, 2.45) is 0 Å². The predicted octanol–water partition coefficient (Wildman–Crippen LogP) is 4.10. The highest BCUT2D eigenvalue weighted by Crippen LogP contribution is 2.32. The Kier molecular flexibility index (Phi) is 4.13. The second-order valence-corrected chi connectivity index (χ2v) is 4.37. The van der Waals surface area contributed by atoms with Crippen LogP contribution in [0.4, 0.5) is 17.6 Å². The molecule has 2 aromatic rings. The standard InChI is InChI=1S/C14H12F4O2/c15-12-8-9(3-5-11(12)14(16,17)18)13(19)6-4-10-2-1-7-20-10/h1-3,5,7-8,13,19H,4,6H2. The van der Waals surface area contributed by atoms with Crippen LogP contribution in [0.2, 0.25) is 0 Å². The lowest BCUT2D eigenvalue weighted by molar-refractivity contribution is -0.140. The van der Waals surface area contributed by atoms with Gasteiger partial charge < -0.3 is 9.52 Å². The van der Waals surface area contributed by atoms with Crippen molar-refractivity contribution < 1.29 is 27.1 Å². The maximum Gasteiger partial charge on any atom is 0.419 e. The van der Waals surface area contributed by atoms with Crippen LogP contribution in [-0.2, 0) is 12.6 Å². The average molecular weight is 288 g/mol. The van der Waals surface area contributed by atoms with Crippen molar-refractivity contribution in [2.45, 2.75) is 25.1 Å². The van der Waals surface area contributed by atoms with Crippen LogP contribution >= 0.6 is 0 Å². The zero-order valence-corrected chi connectivity index (χ0v) is 10.3. The first-order valence-corrected chi connectivity index (χ1v) is 5.95. The molecule has 1 heterocycles. The number of alkyl halides is 3. The van der Waals surface area contributed by atoms with Gasteiger partial charge in [-0.15, -0.1) is 0 Å². The molecule has 1 aromatic carbocycles. The van der Waals surface area contributed by atoms with Crippen LogP contribution in [0.3, 0.4) is 0 Å². The molecule has 0 spiro atoms. The molecule has 0 aliphatic heterocycles. The molecule has 0 saturated heterocycles. The number of aliphatic hydroxyl groups excluding tert-OH is 1. The fourth-order valence-corrected chi connectivity index (χ4v) is 1.87. The molecule has 1 unspecified atom stereocenters. The van der Waals surface area contributed by atoms with E-state index in [4.69, 9.17) is 4.42 Å². The molecule has 0 aliphatic rings. The molecule has 2 rings (SSSR count). The molecular formula is C14H12F4O2. The first kappa shape index (κ1) is 14.6. The van der Waals surface area contributed by atoms with Gasteiger partial charge in [0.1, 0.15) is 11.6 Å². The maximum atomic E-state index is 13.4. The average Bonchev–Trinajstić information content (AvgIpc) is 2.87. The Morgan fingerprint density at radius 2 is 1.95 bits per heavy atom. The van der Waals surface area contributed by atoms with Crippen molar-refractivity contribution in [3.63, 3.8) is 0 Å². The molecule has 2 nitrogen and oxygen atoms in total. The summed E-state index contributed by atoms with van der Waals surface area (Å²) >= 11 is 0. The summed E-state index contributed by atoms with van der Waals surface area (Å²) in [6.07, 6.45) is -3.65. The quantitative estimate of drug-likeness (QED) is 0.859.